The van der Waals surface area contributed by atoms with Crippen molar-refractivity contribution >= 4 is 0 Å². The van der Waals surface area contributed by atoms with Crippen molar-refractivity contribution in [2.24, 2.45) is 11.8 Å². The van der Waals surface area contributed by atoms with Crippen LogP contribution in [0, 0.1) is 11.8 Å². The summed E-state index contributed by atoms with van der Waals surface area (Å²) in [6.45, 7) is 6.56. The fraction of sp³-hybridized carbons (Fsp3) is 1.00. The van der Waals surface area contributed by atoms with Gasteiger partial charge in [0.05, 0.1) is 5.60 Å². The van der Waals surface area contributed by atoms with E-state index in [1.165, 1.54) is 32.1 Å². The second-order valence-corrected chi connectivity index (χ2v) is 4.98. The molecule has 0 amide bonds. The van der Waals surface area contributed by atoms with Gasteiger partial charge in [0.2, 0.25) is 0 Å². The third-order valence-corrected chi connectivity index (χ3v) is 3.68. The second-order valence-electron chi connectivity index (χ2n) is 4.98. The van der Waals surface area contributed by atoms with Gasteiger partial charge in [0, 0.05) is 0 Å². The third kappa shape index (κ3) is 2.70. The standard InChI is InChI=1S/C12H24O/c1-4-7-10(2)11-8-5-6-9-12(11,3)13/h10-11,13H,4-9H2,1-3H3/t10?,11-,12+/m0/s1. The first-order valence-electron chi connectivity index (χ1n) is 5.80. The summed E-state index contributed by atoms with van der Waals surface area (Å²) >= 11 is 0. The summed E-state index contributed by atoms with van der Waals surface area (Å²) < 4.78 is 0. The molecule has 0 aliphatic heterocycles. The average molecular weight is 184 g/mol. The Kier molecular flexibility index (Phi) is 3.78. The van der Waals surface area contributed by atoms with Gasteiger partial charge in [-0.15, -0.1) is 0 Å². The van der Waals surface area contributed by atoms with Crippen LogP contribution in [0.15, 0.2) is 0 Å². The third-order valence-electron chi connectivity index (χ3n) is 3.68. The topological polar surface area (TPSA) is 20.2 Å². The Morgan fingerprint density at radius 1 is 1.46 bits per heavy atom. The lowest BCUT2D eigenvalue weighted by molar-refractivity contribution is -0.0544. The second kappa shape index (κ2) is 4.45. The van der Waals surface area contributed by atoms with E-state index < -0.39 is 0 Å². The highest BCUT2D eigenvalue weighted by Gasteiger charge is 2.36. The van der Waals surface area contributed by atoms with Crippen LogP contribution in [0.25, 0.3) is 0 Å². The summed E-state index contributed by atoms with van der Waals surface area (Å²) in [5, 5.41) is 10.2. The molecule has 3 atom stereocenters. The number of rotatable bonds is 3. The molecule has 0 aromatic heterocycles. The summed E-state index contributed by atoms with van der Waals surface area (Å²) in [5.74, 6) is 1.24. The molecular weight excluding hydrogens is 160 g/mol. The minimum Gasteiger partial charge on any atom is -0.390 e. The molecule has 1 aliphatic carbocycles. The first kappa shape index (κ1) is 11.0. The monoisotopic (exact) mass is 184 g/mol. The Hall–Kier alpha value is -0.0400. The molecule has 0 spiro atoms. The van der Waals surface area contributed by atoms with E-state index in [0.717, 1.165) is 6.42 Å². The highest BCUT2D eigenvalue weighted by Crippen LogP contribution is 2.39. The first-order valence-corrected chi connectivity index (χ1v) is 5.80. The molecule has 1 fully saturated rings. The number of hydrogen-bond acceptors (Lipinski definition) is 1. The van der Waals surface area contributed by atoms with E-state index in [1.807, 2.05) is 6.92 Å². The maximum atomic E-state index is 10.2. The molecule has 1 unspecified atom stereocenters. The van der Waals surface area contributed by atoms with Crippen LogP contribution in [0.1, 0.15) is 59.3 Å². The van der Waals surface area contributed by atoms with Crippen molar-refractivity contribution in [2.45, 2.75) is 64.9 Å². The summed E-state index contributed by atoms with van der Waals surface area (Å²) in [7, 11) is 0. The van der Waals surface area contributed by atoms with Crippen LogP contribution in [0.2, 0.25) is 0 Å². The molecule has 13 heavy (non-hydrogen) atoms. The molecule has 1 N–H and O–H groups in total. The van der Waals surface area contributed by atoms with Crippen LogP contribution in [0.4, 0.5) is 0 Å². The van der Waals surface area contributed by atoms with Gasteiger partial charge in [-0.2, -0.15) is 0 Å². The van der Waals surface area contributed by atoms with Crippen LogP contribution >= 0.6 is 0 Å². The van der Waals surface area contributed by atoms with E-state index in [4.69, 9.17) is 0 Å². The maximum Gasteiger partial charge on any atom is 0.0650 e. The van der Waals surface area contributed by atoms with Crippen LogP contribution in [-0.4, -0.2) is 10.7 Å². The van der Waals surface area contributed by atoms with Crippen molar-refractivity contribution < 1.29 is 5.11 Å². The Morgan fingerprint density at radius 3 is 2.69 bits per heavy atom. The van der Waals surface area contributed by atoms with Gasteiger partial charge in [-0.25, -0.2) is 0 Å². The molecule has 0 aromatic carbocycles. The summed E-state index contributed by atoms with van der Waals surface area (Å²) in [6, 6.07) is 0. The van der Waals surface area contributed by atoms with Gasteiger partial charge >= 0.3 is 0 Å². The van der Waals surface area contributed by atoms with Gasteiger partial charge in [-0.1, -0.05) is 39.5 Å². The van der Waals surface area contributed by atoms with E-state index in [1.54, 1.807) is 0 Å². The largest absolute Gasteiger partial charge is 0.390 e. The maximum absolute atomic E-state index is 10.2. The zero-order chi connectivity index (χ0) is 9.90. The molecule has 1 heteroatoms. The van der Waals surface area contributed by atoms with E-state index in [2.05, 4.69) is 13.8 Å². The predicted octanol–water partition coefficient (Wildman–Crippen LogP) is 3.36. The van der Waals surface area contributed by atoms with Gasteiger partial charge in [0.15, 0.2) is 0 Å². The molecule has 0 heterocycles. The molecule has 78 valence electrons. The molecular formula is C12H24O. The molecule has 0 aromatic rings. The Balaban J connectivity index is 2.54. The fourth-order valence-electron chi connectivity index (χ4n) is 2.90. The van der Waals surface area contributed by atoms with Gasteiger partial charge in [0.25, 0.3) is 0 Å². The fourth-order valence-corrected chi connectivity index (χ4v) is 2.90. The van der Waals surface area contributed by atoms with Crippen molar-refractivity contribution in [3.8, 4) is 0 Å². The van der Waals surface area contributed by atoms with E-state index in [-0.39, 0.29) is 5.60 Å². The zero-order valence-electron chi connectivity index (χ0n) is 9.34. The highest BCUT2D eigenvalue weighted by molar-refractivity contribution is 4.88. The first-order chi connectivity index (χ1) is 6.08. The quantitative estimate of drug-likeness (QED) is 0.713. The summed E-state index contributed by atoms with van der Waals surface area (Å²) in [6.07, 6.45) is 7.27. The van der Waals surface area contributed by atoms with E-state index in [9.17, 15) is 5.11 Å². The molecule has 1 nitrogen and oxygen atoms in total. The minimum absolute atomic E-state index is 0.382. The Bertz CT molecular complexity index is 151. The predicted molar refractivity (Wildman–Crippen MR) is 56.7 cm³/mol. The molecule has 0 radical (unpaired) electrons. The molecule has 1 saturated carbocycles. The van der Waals surface area contributed by atoms with Crippen LogP contribution < -0.4 is 0 Å². The van der Waals surface area contributed by atoms with Crippen LogP contribution in [-0.2, 0) is 0 Å². The van der Waals surface area contributed by atoms with Crippen molar-refractivity contribution in [1.29, 1.82) is 0 Å². The smallest absolute Gasteiger partial charge is 0.0650 e. The lowest BCUT2D eigenvalue weighted by atomic mass is 9.70. The van der Waals surface area contributed by atoms with Gasteiger partial charge in [-0.3, -0.25) is 0 Å². The van der Waals surface area contributed by atoms with E-state index >= 15 is 0 Å². The Labute approximate surface area is 82.5 Å². The minimum atomic E-state index is -0.382. The van der Waals surface area contributed by atoms with Crippen LogP contribution in [0.3, 0.4) is 0 Å². The zero-order valence-corrected chi connectivity index (χ0v) is 9.34. The lowest BCUT2D eigenvalue weighted by Gasteiger charge is -2.40. The van der Waals surface area contributed by atoms with Gasteiger partial charge in [0.1, 0.15) is 0 Å². The van der Waals surface area contributed by atoms with Crippen molar-refractivity contribution in [1.82, 2.24) is 0 Å². The highest BCUT2D eigenvalue weighted by atomic mass is 16.3. The van der Waals surface area contributed by atoms with Crippen molar-refractivity contribution in [3.05, 3.63) is 0 Å². The molecule has 1 aliphatic rings. The van der Waals surface area contributed by atoms with Crippen molar-refractivity contribution in [3.63, 3.8) is 0 Å². The van der Waals surface area contributed by atoms with Gasteiger partial charge < -0.3 is 5.11 Å². The Morgan fingerprint density at radius 2 is 2.15 bits per heavy atom. The summed E-state index contributed by atoms with van der Waals surface area (Å²) in [5.41, 5.74) is -0.382. The number of aliphatic hydroxyl groups is 1. The SMILES string of the molecule is CCCC(C)[C@@H]1CCCC[C@@]1(C)O. The van der Waals surface area contributed by atoms with E-state index in [0.29, 0.717) is 11.8 Å². The molecule has 1 rings (SSSR count). The lowest BCUT2D eigenvalue weighted by Crippen LogP contribution is -2.40. The summed E-state index contributed by atoms with van der Waals surface area (Å²) in [4.78, 5) is 0. The normalized spacial score (nSPS) is 37.4. The van der Waals surface area contributed by atoms with Crippen LogP contribution in [0.5, 0.6) is 0 Å². The number of hydrogen-bond donors (Lipinski definition) is 1. The average Bonchev–Trinajstić information content (AvgIpc) is 2.03. The van der Waals surface area contributed by atoms with Crippen molar-refractivity contribution in [2.75, 3.05) is 0 Å². The van der Waals surface area contributed by atoms with Gasteiger partial charge in [-0.05, 0) is 31.6 Å². The molecule has 0 saturated heterocycles. The molecule has 0 bridgehead atoms.